The first kappa shape index (κ1) is 18.1. The van der Waals surface area contributed by atoms with Gasteiger partial charge in [-0.3, -0.25) is 4.79 Å². The van der Waals surface area contributed by atoms with Gasteiger partial charge in [0.25, 0.3) is 0 Å². The smallest absolute Gasteiger partial charge is 0.246 e. The molecule has 1 heterocycles. The SMILES string of the molecule is COc1ccc(OC)c(/C=C/C(=O)N2CCC(c3ccccc3)CC2)c1. The minimum atomic E-state index is 0.0429. The summed E-state index contributed by atoms with van der Waals surface area (Å²) in [6.45, 7) is 1.58. The summed E-state index contributed by atoms with van der Waals surface area (Å²) in [6.07, 6.45) is 5.44. The van der Waals surface area contributed by atoms with Crippen molar-refractivity contribution < 1.29 is 14.3 Å². The van der Waals surface area contributed by atoms with Gasteiger partial charge in [0.2, 0.25) is 5.91 Å². The van der Waals surface area contributed by atoms with Crippen LogP contribution in [0.3, 0.4) is 0 Å². The van der Waals surface area contributed by atoms with E-state index in [0.717, 1.165) is 43.0 Å². The second-order valence-electron chi connectivity index (χ2n) is 6.45. The lowest BCUT2D eigenvalue weighted by atomic mass is 9.89. The molecule has 1 saturated heterocycles. The zero-order valence-electron chi connectivity index (χ0n) is 15.4. The molecule has 0 bridgehead atoms. The maximum atomic E-state index is 12.5. The highest BCUT2D eigenvalue weighted by molar-refractivity contribution is 5.92. The molecule has 1 amide bonds. The number of hydrogen-bond acceptors (Lipinski definition) is 3. The fourth-order valence-corrected chi connectivity index (χ4v) is 3.39. The molecule has 2 aromatic carbocycles. The number of ether oxygens (including phenoxy) is 2. The highest BCUT2D eigenvalue weighted by Gasteiger charge is 2.22. The highest BCUT2D eigenvalue weighted by atomic mass is 16.5. The first-order chi connectivity index (χ1) is 12.7. The Bertz CT molecular complexity index is 762. The van der Waals surface area contributed by atoms with Gasteiger partial charge < -0.3 is 14.4 Å². The molecule has 2 aromatic rings. The van der Waals surface area contributed by atoms with Gasteiger partial charge in [0.1, 0.15) is 11.5 Å². The average molecular weight is 351 g/mol. The van der Waals surface area contributed by atoms with Crippen molar-refractivity contribution in [2.75, 3.05) is 27.3 Å². The molecule has 26 heavy (non-hydrogen) atoms. The molecule has 1 aliphatic rings. The van der Waals surface area contributed by atoms with Gasteiger partial charge in [-0.15, -0.1) is 0 Å². The Morgan fingerprint density at radius 2 is 1.77 bits per heavy atom. The molecule has 0 saturated carbocycles. The second kappa shape index (κ2) is 8.56. The van der Waals surface area contributed by atoms with E-state index in [1.54, 1.807) is 26.4 Å². The molecule has 0 aliphatic carbocycles. The van der Waals surface area contributed by atoms with Crippen LogP contribution in [0.1, 0.15) is 29.9 Å². The molecule has 0 radical (unpaired) electrons. The van der Waals surface area contributed by atoms with Crippen LogP contribution in [0.25, 0.3) is 6.08 Å². The Morgan fingerprint density at radius 1 is 1.04 bits per heavy atom. The van der Waals surface area contributed by atoms with Crippen molar-refractivity contribution in [1.29, 1.82) is 0 Å². The number of likely N-dealkylation sites (tertiary alicyclic amines) is 1. The van der Waals surface area contributed by atoms with Crippen LogP contribution in [0.15, 0.2) is 54.6 Å². The fraction of sp³-hybridized carbons (Fsp3) is 0.318. The van der Waals surface area contributed by atoms with Crippen LogP contribution in [-0.4, -0.2) is 38.1 Å². The summed E-state index contributed by atoms with van der Waals surface area (Å²) in [6, 6.07) is 16.1. The summed E-state index contributed by atoms with van der Waals surface area (Å²) in [4.78, 5) is 14.5. The minimum absolute atomic E-state index is 0.0429. The first-order valence-electron chi connectivity index (χ1n) is 8.95. The Labute approximate surface area is 155 Å². The number of amides is 1. The zero-order valence-corrected chi connectivity index (χ0v) is 15.4. The van der Waals surface area contributed by atoms with E-state index in [4.69, 9.17) is 9.47 Å². The van der Waals surface area contributed by atoms with Crippen LogP contribution in [0, 0.1) is 0 Å². The highest BCUT2D eigenvalue weighted by Crippen LogP contribution is 2.28. The van der Waals surface area contributed by atoms with Crippen molar-refractivity contribution in [2.24, 2.45) is 0 Å². The number of piperidine rings is 1. The van der Waals surface area contributed by atoms with E-state index in [1.807, 2.05) is 29.2 Å². The van der Waals surface area contributed by atoms with E-state index in [0.29, 0.717) is 5.92 Å². The van der Waals surface area contributed by atoms with Gasteiger partial charge in [0, 0.05) is 24.7 Å². The molecule has 1 fully saturated rings. The van der Waals surface area contributed by atoms with Gasteiger partial charge in [0.05, 0.1) is 14.2 Å². The van der Waals surface area contributed by atoms with E-state index >= 15 is 0 Å². The number of nitrogens with zero attached hydrogens (tertiary/aromatic N) is 1. The van der Waals surface area contributed by atoms with Crippen LogP contribution in [0.2, 0.25) is 0 Å². The summed E-state index contributed by atoms with van der Waals surface area (Å²) < 4.78 is 10.6. The topological polar surface area (TPSA) is 38.8 Å². The van der Waals surface area contributed by atoms with Crippen LogP contribution in [-0.2, 0) is 4.79 Å². The Morgan fingerprint density at radius 3 is 2.42 bits per heavy atom. The molecule has 0 N–H and O–H groups in total. The Hall–Kier alpha value is -2.75. The maximum Gasteiger partial charge on any atom is 0.246 e. The average Bonchev–Trinajstić information content (AvgIpc) is 2.72. The summed E-state index contributed by atoms with van der Waals surface area (Å²) >= 11 is 0. The van der Waals surface area contributed by atoms with Crippen LogP contribution < -0.4 is 9.47 Å². The van der Waals surface area contributed by atoms with E-state index in [-0.39, 0.29) is 5.91 Å². The summed E-state index contributed by atoms with van der Waals surface area (Å²) in [7, 11) is 3.24. The number of rotatable bonds is 5. The predicted octanol–water partition coefficient (Wildman–Crippen LogP) is 4.12. The van der Waals surface area contributed by atoms with E-state index in [1.165, 1.54) is 5.56 Å². The second-order valence-corrected chi connectivity index (χ2v) is 6.45. The standard InChI is InChI=1S/C22H25NO3/c1-25-20-9-10-21(26-2)19(16-20)8-11-22(24)23-14-12-18(13-15-23)17-6-4-3-5-7-17/h3-11,16,18H,12-15H2,1-2H3/b11-8+. The van der Waals surface area contributed by atoms with Crippen molar-refractivity contribution in [1.82, 2.24) is 4.90 Å². The summed E-state index contributed by atoms with van der Waals surface area (Å²) in [5, 5.41) is 0. The molecule has 0 aromatic heterocycles. The first-order valence-corrected chi connectivity index (χ1v) is 8.95. The number of methoxy groups -OCH3 is 2. The van der Waals surface area contributed by atoms with Gasteiger partial charge in [-0.05, 0) is 48.6 Å². The molecule has 0 unspecified atom stereocenters. The third-order valence-corrected chi connectivity index (χ3v) is 4.92. The molecule has 4 heteroatoms. The lowest BCUT2D eigenvalue weighted by Crippen LogP contribution is -2.36. The van der Waals surface area contributed by atoms with Crippen molar-refractivity contribution in [3.63, 3.8) is 0 Å². The fourth-order valence-electron chi connectivity index (χ4n) is 3.39. The largest absolute Gasteiger partial charge is 0.497 e. The minimum Gasteiger partial charge on any atom is -0.497 e. The Kier molecular flexibility index (Phi) is 5.95. The van der Waals surface area contributed by atoms with E-state index in [9.17, 15) is 4.79 Å². The van der Waals surface area contributed by atoms with Crippen LogP contribution in [0.5, 0.6) is 11.5 Å². The molecule has 4 nitrogen and oxygen atoms in total. The van der Waals surface area contributed by atoms with Gasteiger partial charge in [-0.1, -0.05) is 30.3 Å². The van der Waals surface area contributed by atoms with Crippen molar-refractivity contribution in [3.8, 4) is 11.5 Å². The molecule has 136 valence electrons. The normalized spacial score (nSPS) is 15.2. The third kappa shape index (κ3) is 4.26. The van der Waals surface area contributed by atoms with Crippen molar-refractivity contribution >= 4 is 12.0 Å². The van der Waals surface area contributed by atoms with Crippen molar-refractivity contribution in [3.05, 3.63) is 65.7 Å². The molecule has 0 atom stereocenters. The maximum absolute atomic E-state index is 12.5. The molecular weight excluding hydrogens is 326 g/mol. The lowest BCUT2D eigenvalue weighted by molar-refractivity contribution is -0.126. The monoisotopic (exact) mass is 351 g/mol. The predicted molar refractivity (Wildman–Crippen MR) is 104 cm³/mol. The Balaban J connectivity index is 1.62. The van der Waals surface area contributed by atoms with Crippen LogP contribution in [0.4, 0.5) is 0 Å². The number of carbonyl (C=O) groups is 1. The number of benzene rings is 2. The zero-order chi connectivity index (χ0) is 18.4. The van der Waals surface area contributed by atoms with Crippen molar-refractivity contribution in [2.45, 2.75) is 18.8 Å². The summed E-state index contributed by atoms with van der Waals surface area (Å²) in [5.74, 6) is 2.04. The number of hydrogen-bond donors (Lipinski definition) is 0. The molecule has 0 spiro atoms. The molecular formula is C22H25NO3. The van der Waals surface area contributed by atoms with Gasteiger partial charge in [-0.25, -0.2) is 0 Å². The lowest BCUT2D eigenvalue weighted by Gasteiger charge is -2.31. The van der Waals surface area contributed by atoms with E-state index < -0.39 is 0 Å². The van der Waals surface area contributed by atoms with Gasteiger partial charge in [0.15, 0.2) is 0 Å². The van der Waals surface area contributed by atoms with Gasteiger partial charge in [-0.2, -0.15) is 0 Å². The number of carbonyl (C=O) groups excluding carboxylic acids is 1. The summed E-state index contributed by atoms with van der Waals surface area (Å²) in [5.41, 5.74) is 2.20. The quantitative estimate of drug-likeness (QED) is 0.761. The van der Waals surface area contributed by atoms with E-state index in [2.05, 4.69) is 24.3 Å². The van der Waals surface area contributed by atoms with Gasteiger partial charge >= 0.3 is 0 Å². The third-order valence-electron chi connectivity index (χ3n) is 4.92. The molecule has 1 aliphatic heterocycles. The molecule has 3 rings (SSSR count). The van der Waals surface area contributed by atoms with Crippen LogP contribution >= 0.6 is 0 Å².